The Morgan fingerprint density at radius 1 is 1.43 bits per heavy atom. The Morgan fingerprint density at radius 2 is 2.19 bits per heavy atom. The van der Waals surface area contributed by atoms with Crippen LogP contribution in [0.4, 0.5) is 0 Å². The second-order valence-corrected chi connectivity index (χ2v) is 5.48. The number of rotatable bonds is 6. The number of benzene rings is 1. The van der Waals surface area contributed by atoms with Crippen LogP contribution in [0.3, 0.4) is 0 Å². The summed E-state index contributed by atoms with van der Waals surface area (Å²) in [6.45, 7) is 2.59. The number of hydrogen-bond donors (Lipinski definition) is 0. The smallest absolute Gasteiger partial charge is 0.133 e. The predicted octanol–water partition coefficient (Wildman–Crippen LogP) is 3.38. The van der Waals surface area contributed by atoms with Crippen molar-refractivity contribution in [2.45, 2.75) is 19.3 Å². The van der Waals surface area contributed by atoms with E-state index in [1.54, 1.807) is 13.3 Å². The monoisotopic (exact) mass is 299 g/mol. The molecule has 0 saturated carbocycles. The number of aliphatic imine (C=N–C) groups is 1. The van der Waals surface area contributed by atoms with E-state index in [4.69, 9.17) is 4.74 Å². The van der Waals surface area contributed by atoms with Gasteiger partial charge in [0.15, 0.2) is 0 Å². The van der Waals surface area contributed by atoms with Gasteiger partial charge in [0.1, 0.15) is 16.7 Å². The molecule has 2 aromatic rings. The lowest BCUT2D eigenvalue weighted by molar-refractivity contribution is 0.414. The van der Waals surface area contributed by atoms with E-state index in [0.29, 0.717) is 6.54 Å². The molecular weight excluding hydrogens is 282 g/mol. The highest BCUT2D eigenvalue weighted by Gasteiger charge is 2.11. The van der Waals surface area contributed by atoms with Crippen LogP contribution in [0, 0.1) is 18.3 Å². The number of thiazole rings is 1. The Bertz CT molecular complexity index is 640. The molecule has 0 bridgehead atoms. The van der Waals surface area contributed by atoms with Crippen molar-refractivity contribution in [3.8, 4) is 11.8 Å². The standard InChI is InChI=1S/C16H17N3OS/c1-12-11-21-16(19-12)14(9-17)10-18-8-7-13-3-5-15(20-2)6-4-13/h3-6,10-11,14H,7-8H2,1-2H3/t14-/m0/s1. The van der Waals surface area contributed by atoms with E-state index in [9.17, 15) is 5.26 Å². The van der Waals surface area contributed by atoms with Crippen LogP contribution in [-0.2, 0) is 6.42 Å². The Kier molecular flexibility index (Phi) is 5.47. The molecule has 108 valence electrons. The van der Waals surface area contributed by atoms with Gasteiger partial charge in [-0.05, 0) is 31.0 Å². The molecule has 1 atom stereocenters. The zero-order chi connectivity index (χ0) is 15.1. The maximum atomic E-state index is 9.17. The fraction of sp³-hybridized carbons (Fsp3) is 0.312. The lowest BCUT2D eigenvalue weighted by atomic mass is 10.1. The zero-order valence-corrected chi connectivity index (χ0v) is 12.9. The van der Waals surface area contributed by atoms with Crippen molar-refractivity contribution >= 4 is 17.6 Å². The molecule has 0 spiro atoms. The van der Waals surface area contributed by atoms with Crippen LogP contribution in [0.1, 0.15) is 22.2 Å². The molecule has 5 heteroatoms. The summed E-state index contributed by atoms with van der Waals surface area (Å²) in [5.74, 6) is 0.505. The summed E-state index contributed by atoms with van der Waals surface area (Å²) in [5.41, 5.74) is 2.15. The fourth-order valence-corrected chi connectivity index (χ4v) is 2.63. The van der Waals surface area contributed by atoms with Gasteiger partial charge in [0.2, 0.25) is 0 Å². The van der Waals surface area contributed by atoms with Crippen LogP contribution >= 0.6 is 11.3 Å². The lowest BCUT2D eigenvalue weighted by Gasteiger charge is -2.02. The summed E-state index contributed by atoms with van der Waals surface area (Å²) in [7, 11) is 1.65. The third-order valence-electron chi connectivity index (χ3n) is 2.99. The first kappa shape index (κ1) is 15.2. The first-order valence-corrected chi connectivity index (χ1v) is 7.55. The number of aromatic nitrogens is 1. The van der Waals surface area contributed by atoms with Gasteiger partial charge in [0.25, 0.3) is 0 Å². The molecule has 0 aliphatic carbocycles. The van der Waals surface area contributed by atoms with Crippen molar-refractivity contribution in [1.29, 1.82) is 5.26 Å². The Balaban J connectivity index is 1.87. The number of nitrogens with zero attached hydrogens (tertiary/aromatic N) is 3. The average molecular weight is 299 g/mol. The Hall–Kier alpha value is -2.19. The van der Waals surface area contributed by atoms with E-state index in [-0.39, 0.29) is 5.92 Å². The molecule has 0 fully saturated rings. The minimum absolute atomic E-state index is 0.348. The predicted molar refractivity (Wildman–Crippen MR) is 85.3 cm³/mol. The Labute approximate surface area is 128 Å². The fourth-order valence-electron chi connectivity index (χ4n) is 1.83. The number of methoxy groups -OCH3 is 1. The van der Waals surface area contributed by atoms with Crippen molar-refractivity contribution in [3.63, 3.8) is 0 Å². The summed E-state index contributed by atoms with van der Waals surface area (Å²) in [5, 5.41) is 11.9. The van der Waals surface area contributed by atoms with Gasteiger partial charge in [-0.2, -0.15) is 5.26 Å². The van der Waals surface area contributed by atoms with Crippen molar-refractivity contribution in [1.82, 2.24) is 4.98 Å². The normalized spacial score (nSPS) is 12.2. The average Bonchev–Trinajstić information content (AvgIpc) is 2.94. The second-order valence-electron chi connectivity index (χ2n) is 4.59. The maximum Gasteiger partial charge on any atom is 0.133 e. The second kappa shape index (κ2) is 7.55. The molecule has 0 radical (unpaired) electrons. The third kappa shape index (κ3) is 4.40. The highest BCUT2D eigenvalue weighted by atomic mass is 32.1. The van der Waals surface area contributed by atoms with Crippen molar-refractivity contribution in [2.24, 2.45) is 4.99 Å². The van der Waals surface area contributed by atoms with Gasteiger partial charge in [0, 0.05) is 23.8 Å². The molecule has 21 heavy (non-hydrogen) atoms. The van der Waals surface area contributed by atoms with Crippen LogP contribution in [-0.4, -0.2) is 24.9 Å². The molecule has 0 aliphatic rings. The molecule has 0 amide bonds. The molecule has 0 unspecified atom stereocenters. The largest absolute Gasteiger partial charge is 0.497 e. The van der Waals surface area contributed by atoms with Crippen molar-refractivity contribution < 1.29 is 4.74 Å². The number of ether oxygens (including phenoxy) is 1. The van der Waals surface area contributed by atoms with Gasteiger partial charge in [0.05, 0.1) is 13.2 Å². The van der Waals surface area contributed by atoms with Crippen LogP contribution in [0.25, 0.3) is 0 Å². The first-order chi connectivity index (χ1) is 10.2. The summed E-state index contributed by atoms with van der Waals surface area (Å²) < 4.78 is 5.12. The Morgan fingerprint density at radius 3 is 2.76 bits per heavy atom. The molecule has 1 aromatic carbocycles. The summed E-state index contributed by atoms with van der Waals surface area (Å²) in [4.78, 5) is 8.68. The van der Waals surface area contributed by atoms with Gasteiger partial charge >= 0.3 is 0 Å². The topological polar surface area (TPSA) is 58.3 Å². The first-order valence-electron chi connectivity index (χ1n) is 6.67. The number of nitriles is 1. The highest BCUT2D eigenvalue weighted by Crippen LogP contribution is 2.18. The number of hydrogen-bond acceptors (Lipinski definition) is 5. The minimum atomic E-state index is -0.348. The molecule has 0 aliphatic heterocycles. The van der Waals surface area contributed by atoms with Gasteiger partial charge in [-0.1, -0.05) is 12.1 Å². The van der Waals surface area contributed by atoms with Gasteiger partial charge in [-0.25, -0.2) is 4.98 Å². The SMILES string of the molecule is COc1ccc(CCN=C[C@H](C#N)c2nc(C)cs2)cc1. The molecular formula is C16H17N3OS. The quantitative estimate of drug-likeness (QED) is 0.768. The van der Waals surface area contributed by atoms with E-state index in [2.05, 4.69) is 16.0 Å². The van der Waals surface area contributed by atoms with E-state index in [0.717, 1.165) is 22.9 Å². The van der Waals surface area contributed by atoms with Gasteiger partial charge in [-0.15, -0.1) is 11.3 Å². The van der Waals surface area contributed by atoms with Crippen LogP contribution in [0.2, 0.25) is 0 Å². The van der Waals surface area contributed by atoms with Gasteiger partial charge in [-0.3, -0.25) is 4.99 Å². The van der Waals surface area contributed by atoms with Gasteiger partial charge < -0.3 is 4.74 Å². The number of aryl methyl sites for hydroxylation is 1. The van der Waals surface area contributed by atoms with E-state index in [1.165, 1.54) is 16.9 Å². The molecule has 2 rings (SSSR count). The summed E-state index contributed by atoms with van der Waals surface area (Å²) in [6.07, 6.45) is 2.54. The van der Waals surface area contributed by atoms with Crippen LogP contribution in [0.15, 0.2) is 34.6 Å². The minimum Gasteiger partial charge on any atom is -0.497 e. The third-order valence-corrected chi connectivity index (χ3v) is 4.03. The molecule has 0 N–H and O–H groups in total. The van der Waals surface area contributed by atoms with E-state index < -0.39 is 0 Å². The molecule has 1 heterocycles. The summed E-state index contributed by atoms with van der Waals surface area (Å²) in [6, 6.07) is 10.2. The van der Waals surface area contributed by atoms with Crippen LogP contribution in [0.5, 0.6) is 5.75 Å². The molecule has 0 saturated heterocycles. The molecule has 4 nitrogen and oxygen atoms in total. The van der Waals surface area contributed by atoms with E-state index in [1.807, 2.05) is 36.6 Å². The zero-order valence-electron chi connectivity index (χ0n) is 12.1. The van der Waals surface area contributed by atoms with Crippen LogP contribution < -0.4 is 4.74 Å². The van der Waals surface area contributed by atoms with Crippen molar-refractivity contribution in [3.05, 3.63) is 45.9 Å². The lowest BCUT2D eigenvalue weighted by Crippen LogP contribution is -1.98. The highest BCUT2D eigenvalue weighted by molar-refractivity contribution is 7.09. The van der Waals surface area contributed by atoms with Crippen molar-refractivity contribution in [2.75, 3.05) is 13.7 Å². The maximum absolute atomic E-state index is 9.17. The molecule has 1 aromatic heterocycles. The van der Waals surface area contributed by atoms with E-state index >= 15 is 0 Å². The summed E-state index contributed by atoms with van der Waals surface area (Å²) >= 11 is 1.50.